The van der Waals surface area contributed by atoms with Gasteiger partial charge >= 0.3 is 6.09 Å². The third-order valence-corrected chi connectivity index (χ3v) is 13.7. The molecule has 0 aliphatic rings. The maximum Gasteiger partial charge on any atom is 0.404 e. The highest BCUT2D eigenvalue weighted by Gasteiger charge is 2.39. The van der Waals surface area contributed by atoms with Crippen molar-refractivity contribution in [3.05, 3.63) is 120 Å². The van der Waals surface area contributed by atoms with Gasteiger partial charge < -0.3 is 40.5 Å². The van der Waals surface area contributed by atoms with Crippen LogP contribution < -0.4 is 30.0 Å². The van der Waals surface area contributed by atoms with Gasteiger partial charge in [0.05, 0.1) is 57.1 Å². The number of nitrogens with two attached hydrogens (primary N) is 1. The molecule has 0 radical (unpaired) electrons. The first-order valence-corrected chi connectivity index (χ1v) is 22.3. The van der Waals surface area contributed by atoms with Crippen molar-refractivity contribution in [1.29, 1.82) is 0 Å². The number of aromatic amines is 1. The fourth-order valence-corrected chi connectivity index (χ4v) is 10.6. The van der Waals surface area contributed by atoms with Crippen LogP contribution in [0.3, 0.4) is 0 Å². The molecule has 0 saturated carbocycles. The summed E-state index contributed by atoms with van der Waals surface area (Å²) in [7, 11) is -5.49. The number of nitrogens with zero attached hydrogens (tertiary/aromatic N) is 6. The Bertz CT molecular complexity index is 2930. The number of rotatable bonds is 19. The molecule has 0 spiro atoms. The van der Waals surface area contributed by atoms with Crippen LogP contribution in [-0.2, 0) is 39.7 Å². The number of H-pyrrole nitrogens is 1. The lowest BCUT2D eigenvalue weighted by Crippen LogP contribution is -2.46. The number of nitrogen functional groups attached to an aromatic ring is 1. The molecule has 0 aliphatic heterocycles. The monoisotopic (exact) mass is 912 g/mol. The van der Waals surface area contributed by atoms with E-state index in [4.69, 9.17) is 19.9 Å². The summed E-state index contributed by atoms with van der Waals surface area (Å²) in [6.07, 6.45) is -1.47. The number of aromatic nitrogens is 6. The minimum atomic E-state index is -5.04. The van der Waals surface area contributed by atoms with Gasteiger partial charge in [0.15, 0.2) is 11.8 Å². The van der Waals surface area contributed by atoms with Crippen LogP contribution in [0.4, 0.5) is 10.7 Å². The fourth-order valence-electron chi connectivity index (χ4n) is 7.00. The molecule has 0 saturated heterocycles. The Morgan fingerprint density at radius 1 is 0.812 bits per heavy atom. The Balaban J connectivity index is 1.54. The summed E-state index contributed by atoms with van der Waals surface area (Å²) in [5.41, 5.74) is 9.00. The van der Waals surface area contributed by atoms with Crippen molar-refractivity contribution >= 4 is 43.1 Å². The molecule has 0 aliphatic carbocycles. The van der Waals surface area contributed by atoms with Crippen LogP contribution in [0.15, 0.2) is 113 Å². The Morgan fingerprint density at radius 3 is 1.94 bits per heavy atom. The number of aliphatic hydroxyl groups excluding tert-OH is 1. The van der Waals surface area contributed by atoms with Crippen LogP contribution in [0.1, 0.15) is 16.7 Å². The molecule has 7 aromatic rings. The lowest BCUT2D eigenvalue weighted by molar-refractivity contribution is 0.190. The molecule has 22 heteroatoms. The van der Waals surface area contributed by atoms with Crippen molar-refractivity contribution in [3.63, 3.8) is 0 Å². The minimum Gasteiger partial charge on any atom is -0.497 e. The van der Waals surface area contributed by atoms with E-state index in [0.717, 1.165) is 10.4 Å². The van der Waals surface area contributed by atoms with Crippen LogP contribution in [-0.4, -0.2) is 108 Å². The van der Waals surface area contributed by atoms with Crippen LogP contribution >= 0.6 is 0 Å². The molecule has 5 aromatic carbocycles. The number of sulfonamides is 2. The van der Waals surface area contributed by atoms with Crippen molar-refractivity contribution in [3.8, 4) is 39.8 Å². The van der Waals surface area contributed by atoms with Gasteiger partial charge in [-0.05, 0) is 81.2 Å². The van der Waals surface area contributed by atoms with Crippen molar-refractivity contribution < 1.29 is 46.1 Å². The van der Waals surface area contributed by atoms with E-state index in [1.807, 2.05) is 0 Å². The summed E-state index contributed by atoms with van der Waals surface area (Å²) < 4.78 is 82.5. The number of carboxylic acid groups (broad SMARTS) is 1. The molecular weight excluding hydrogens is 869 g/mol. The van der Waals surface area contributed by atoms with Gasteiger partial charge in [0, 0.05) is 25.2 Å². The summed E-state index contributed by atoms with van der Waals surface area (Å²) in [5.74, 6) is 1.56. The number of para-hydroxylation sites is 1. The van der Waals surface area contributed by atoms with Gasteiger partial charge in [-0.2, -0.15) is 4.31 Å². The number of amides is 1. The van der Waals surface area contributed by atoms with Gasteiger partial charge in [-0.1, -0.05) is 54.6 Å². The number of aliphatic hydroxyl groups is 1. The van der Waals surface area contributed by atoms with Gasteiger partial charge in [-0.3, -0.25) is 0 Å². The molecule has 0 unspecified atom stereocenters. The summed E-state index contributed by atoms with van der Waals surface area (Å²) in [5, 5.41) is 34.1. The predicted octanol–water partition coefficient (Wildman–Crippen LogP) is 3.84. The molecule has 7 rings (SSSR count). The average Bonchev–Trinajstić information content (AvgIpc) is 3.93. The Hall–Kier alpha value is -7.11. The van der Waals surface area contributed by atoms with Gasteiger partial charge in [-0.15, -0.1) is 5.10 Å². The third-order valence-electron chi connectivity index (χ3n) is 10.2. The van der Waals surface area contributed by atoms with Crippen LogP contribution in [0.2, 0.25) is 0 Å². The number of hydrogen-bond donors (Lipinski definition) is 6. The normalized spacial score (nSPS) is 12.3. The van der Waals surface area contributed by atoms with E-state index >= 15 is 8.42 Å². The SMILES string of the molecule is COc1ccc(CN(Cc2ccc(OC)cc2)S(=O)(=O)c2c(S(=O)(=O)N[C@H](CO)CNC(=O)O)ccc(-c3cccc4[nH]c(N)nc34)c2-c2nnnn2Cc2ccc(OC)cc2)cc1. The number of imidazole rings is 1. The lowest BCUT2D eigenvalue weighted by Gasteiger charge is -2.27. The first kappa shape index (κ1) is 44.9. The van der Waals surface area contributed by atoms with Gasteiger partial charge in [0.2, 0.25) is 20.0 Å². The van der Waals surface area contributed by atoms with E-state index in [1.165, 1.54) is 32.1 Å². The number of ether oxygens (including phenoxy) is 3. The molecule has 64 heavy (non-hydrogen) atoms. The molecule has 1 amide bonds. The van der Waals surface area contributed by atoms with Crippen LogP contribution in [0.5, 0.6) is 17.2 Å². The topological polar surface area (TPSA) is 279 Å². The Morgan fingerprint density at radius 2 is 1.39 bits per heavy atom. The summed E-state index contributed by atoms with van der Waals surface area (Å²) >= 11 is 0. The number of carbonyl (C=O) groups is 1. The standard InChI is InChI=1S/C42H44N10O10S2/c1-60-30-13-7-26(8-14-30)22-51(23-27-9-15-31(61-2)16-10-27)64(58,59)39-36(63(56,57)48-29(25-53)21-44-42(54)55)20-19-33(34-5-4-6-35-38(34)46-41(43)45-35)37(39)40-47-49-50-52(40)24-28-11-17-32(62-3)18-12-28/h4-20,29,44,48,53H,21-25H2,1-3H3,(H,54,55)(H3,43,45,46)/t29-/m0/s1. The Kier molecular flexibility index (Phi) is 13.4. The second kappa shape index (κ2) is 19.1. The van der Waals surface area contributed by atoms with Crippen LogP contribution in [0.25, 0.3) is 33.5 Å². The fraction of sp³-hybridized carbons (Fsp3) is 0.214. The quantitative estimate of drug-likeness (QED) is 0.0673. The number of fused-ring (bicyclic) bond motifs is 1. The molecule has 0 bridgehead atoms. The molecule has 334 valence electrons. The van der Waals surface area contributed by atoms with E-state index < -0.39 is 55.1 Å². The maximum atomic E-state index is 16.0. The summed E-state index contributed by atoms with van der Waals surface area (Å²) in [6, 6.07) is 26.6. The van der Waals surface area contributed by atoms with E-state index in [-0.39, 0.29) is 42.5 Å². The van der Waals surface area contributed by atoms with Gasteiger partial charge in [-0.25, -0.2) is 36.0 Å². The highest BCUT2D eigenvalue weighted by molar-refractivity contribution is 7.92. The van der Waals surface area contributed by atoms with Crippen molar-refractivity contribution in [2.75, 3.05) is 40.2 Å². The first-order valence-electron chi connectivity index (χ1n) is 19.4. The zero-order chi connectivity index (χ0) is 45.6. The minimum absolute atomic E-state index is 0.00507. The van der Waals surface area contributed by atoms with E-state index in [1.54, 1.807) is 91.0 Å². The molecular formula is C42H44N10O10S2. The second-order valence-electron chi connectivity index (χ2n) is 14.3. The zero-order valence-corrected chi connectivity index (χ0v) is 36.3. The molecule has 0 fully saturated rings. The van der Waals surface area contributed by atoms with E-state index in [9.17, 15) is 23.4 Å². The van der Waals surface area contributed by atoms with Crippen molar-refractivity contribution in [2.24, 2.45) is 0 Å². The number of methoxy groups -OCH3 is 3. The average molecular weight is 913 g/mol. The zero-order valence-electron chi connectivity index (χ0n) is 34.7. The molecule has 1 atom stereocenters. The lowest BCUT2D eigenvalue weighted by atomic mass is 9.97. The smallest absolute Gasteiger partial charge is 0.404 e. The molecule has 2 heterocycles. The van der Waals surface area contributed by atoms with Crippen molar-refractivity contribution in [1.82, 2.24) is 44.5 Å². The number of tetrazole rings is 1. The number of anilines is 1. The molecule has 7 N–H and O–H groups in total. The highest BCUT2D eigenvalue weighted by atomic mass is 32.2. The number of benzene rings is 5. The largest absolute Gasteiger partial charge is 0.497 e. The van der Waals surface area contributed by atoms with Crippen LogP contribution in [0, 0.1) is 0 Å². The number of nitrogens with one attached hydrogen (secondary N) is 3. The second-order valence-corrected chi connectivity index (χ2v) is 17.9. The molecule has 20 nitrogen and oxygen atoms in total. The Labute approximate surface area is 367 Å². The van der Waals surface area contributed by atoms with Gasteiger partial charge in [0.25, 0.3) is 0 Å². The first-order chi connectivity index (χ1) is 30.7. The maximum absolute atomic E-state index is 16.0. The van der Waals surface area contributed by atoms with E-state index in [0.29, 0.717) is 50.5 Å². The predicted molar refractivity (Wildman–Crippen MR) is 234 cm³/mol. The number of hydrogen-bond acceptors (Lipinski definition) is 14. The molecule has 2 aromatic heterocycles. The summed E-state index contributed by atoms with van der Waals surface area (Å²) in [6.45, 7) is -1.94. The summed E-state index contributed by atoms with van der Waals surface area (Å²) in [4.78, 5) is 17.4. The highest BCUT2D eigenvalue weighted by Crippen LogP contribution is 2.43. The van der Waals surface area contributed by atoms with E-state index in [2.05, 4.69) is 35.5 Å². The third kappa shape index (κ3) is 9.75. The van der Waals surface area contributed by atoms with Crippen molar-refractivity contribution in [2.45, 2.75) is 35.5 Å². The van der Waals surface area contributed by atoms with Gasteiger partial charge in [0.1, 0.15) is 27.0 Å².